The van der Waals surface area contributed by atoms with Gasteiger partial charge in [-0.3, -0.25) is 4.98 Å². The van der Waals surface area contributed by atoms with E-state index in [0.29, 0.717) is 18.0 Å². The van der Waals surface area contributed by atoms with Crippen LogP contribution in [0.5, 0.6) is 11.5 Å². The quantitative estimate of drug-likeness (QED) is 0.363. The Morgan fingerprint density at radius 1 is 0.964 bits per heavy atom. The molecule has 0 unspecified atom stereocenters. The number of pyridine rings is 1. The summed E-state index contributed by atoms with van der Waals surface area (Å²) in [6.07, 6.45) is 8.87. The van der Waals surface area contributed by atoms with Crippen molar-refractivity contribution >= 4 is 16.6 Å². The third-order valence-corrected chi connectivity index (χ3v) is 5.09. The molecular weight excluding hydrogens is 348 g/mol. The van der Waals surface area contributed by atoms with Crippen molar-refractivity contribution in [1.82, 2.24) is 4.98 Å². The average molecular weight is 379 g/mol. The molecule has 148 valence electrons. The number of nitrogen functional groups attached to an aromatic ring is 1. The Morgan fingerprint density at radius 3 is 2.50 bits per heavy atom. The fourth-order valence-electron chi connectivity index (χ4n) is 3.54. The Balaban J connectivity index is 1.48. The summed E-state index contributed by atoms with van der Waals surface area (Å²) in [6, 6.07) is 14.5. The second kappa shape index (κ2) is 9.98. The van der Waals surface area contributed by atoms with Gasteiger partial charge in [0.2, 0.25) is 0 Å². The number of ether oxygens (including phenoxy) is 2. The Labute approximate surface area is 167 Å². The molecular formula is C24H30N2O2. The summed E-state index contributed by atoms with van der Waals surface area (Å²) in [5.41, 5.74) is 10.0. The van der Waals surface area contributed by atoms with Gasteiger partial charge in [-0.05, 0) is 43.4 Å². The first-order valence-corrected chi connectivity index (χ1v) is 10.1. The Kier molecular flexibility index (Phi) is 7.12. The highest BCUT2D eigenvalue weighted by atomic mass is 16.5. The zero-order chi connectivity index (χ0) is 19.8. The molecule has 1 aromatic heterocycles. The monoisotopic (exact) mass is 378 g/mol. The second-order valence-corrected chi connectivity index (χ2v) is 7.20. The normalized spacial score (nSPS) is 10.9. The molecule has 3 rings (SSSR count). The molecule has 0 aliphatic rings. The highest BCUT2D eigenvalue weighted by Crippen LogP contribution is 2.40. The van der Waals surface area contributed by atoms with Gasteiger partial charge in [-0.1, -0.05) is 49.6 Å². The number of nitrogens with two attached hydrogens (primary N) is 1. The minimum Gasteiger partial charge on any atom is -0.493 e. The molecule has 0 fully saturated rings. The maximum absolute atomic E-state index is 6.14. The predicted molar refractivity (Wildman–Crippen MR) is 116 cm³/mol. The van der Waals surface area contributed by atoms with E-state index < -0.39 is 0 Å². The number of rotatable bonds is 10. The number of unbranched alkanes of at least 4 members (excludes halogenated alkanes) is 4. The molecule has 2 aromatic carbocycles. The van der Waals surface area contributed by atoms with Crippen molar-refractivity contribution in [2.24, 2.45) is 0 Å². The largest absolute Gasteiger partial charge is 0.493 e. The third-order valence-electron chi connectivity index (χ3n) is 5.09. The lowest BCUT2D eigenvalue weighted by molar-refractivity contribution is 0.288. The minimum atomic E-state index is 0.612. The van der Waals surface area contributed by atoms with Crippen LogP contribution in [0.25, 0.3) is 10.9 Å². The third kappa shape index (κ3) is 4.94. The van der Waals surface area contributed by atoms with Crippen molar-refractivity contribution in [3.8, 4) is 11.5 Å². The van der Waals surface area contributed by atoms with Crippen LogP contribution in [0, 0.1) is 6.92 Å². The molecule has 0 saturated carbocycles. The van der Waals surface area contributed by atoms with Crippen molar-refractivity contribution in [3.63, 3.8) is 0 Å². The van der Waals surface area contributed by atoms with E-state index in [0.717, 1.165) is 35.1 Å². The Hall–Kier alpha value is -2.75. The molecule has 0 amide bonds. The second-order valence-electron chi connectivity index (χ2n) is 7.20. The van der Waals surface area contributed by atoms with Crippen LogP contribution in [-0.4, -0.2) is 18.7 Å². The van der Waals surface area contributed by atoms with Gasteiger partial charge in [0.1, 0.15) is 0 Å². The molecule has 0 bridgehead atoms. The summed E-state index contributed by atoms with van der Waals surface area (Å²) in [4.78, 5) is 4.42. The predicted octanol–water partition coefficient (Wildman–Crippen LogP) is 5.71. The molecule has 0 aliphatic carbocycles. The van der Waals surface area contributed by atoms with Gasteiger partial charge in [-0.2, -0.15) is 0 Å². The van der Waals surface area contributed by atoms with Crippen molar-refractivity contribution in [2.75, 3.05) is 19.5 Å². The van der Waals surface area contributed by atoms with Crippen molar-refractivity contribution in [1.29, 1.82) is 0 Å². The van der Waals surface area contributed by atoms with E-state index in [9.17, 15) is 0 Å². The van der Waals surface area contributed by atoms with E-state index in [1.807, 2.05) is 13.0 Å². The van der Waals surface area contributed by atoms with Crippen LogP contribution in [-0.2, 0) is 6.42 Å². The van der Waals surface area contributed by atoms with Crippen LogP contribution in [0.15, 0.2) is 48.7 Å². The van der Waals surface area contributed by atoms with Crippen LogP contribution in [0.2, 0.25) is 0 Å². The Morgan fingerprint density at radius 2 is 1.71 bits per heavy atom. The van der Waals surface area contributed by atoms with E-state index in [1.165, 1.54) is 31.2 Å². The standard InChI is InChI=1S/C24H30N2O2/c1-18-14-15-26-23-20(25)17-21(27-2)24(22(18)23)28-16-10-5-3-4-7-11-19-12-8-6-9-13-19/h6,8-9,12-15,17H,3-5,7,10-11,16,25H2,1-2H3. The number of benzene rings is 2. The first kappa shape index (κ1) is 20.0. The van der Waals surface area contributed by atoms with Gasteiger partial charge in [0, 0.05) is 12.3 Å². The molecule has 28 heavy (non-hydrogen) atoms. The average Bonchev–Trinajstić information content (AvgIpc) is 2.72. The van der Waals surface area contributed by atoms with Crippen LogP contribution < -0.4 is 15.2 Å². The number of aromatic nitrogens is 1. The summed E-state index contributed by atoms with van der Waals surface area (Å²) in [5.74, 6) is 1.42. The van der Waals surface area contributed by atoms with Gasteiger partial charge in [0.05, 0.1) is 30.3 Å². The van der Waals surface area contributed by atoms with Crippen molar-refractivity contribution in [2.45, 2.75) is 45.4 Å². The smallest absolute Gasteiger partial charge is 0.170 e. The summed E-state index contributed by atoms with van der Waals surface area (Å²) in [5, 5.41) is 0.946. The molecule has 0 spiro atoms. The number of anilines is 1. The van der Waals surface area contributed by atoms with E-state index in [1.54, 1.807) is 19.4 Å². The Bertz CT molecular complexity index is 894. The topological polar surface area (TPSA) is 57.4 Å². The van der Waals surface area contributed by atoms with E-state index in [4.69, 9.17) is 15.2 Å². The maximum atomic E-state index is 6.14. The molecule has 0 atom stereocenters. The molecule has 0 saturated heterocycles. The summed E-state index contributed by atoms with van der Waals surface area (Å²) in [7, 11) is 1.64. The zero-order valence-corrected chi connectivity index (χ0v) is 16.9. The fourth-order valence-corrected chi connectivity index (χ4v) is 3.54. The summed E-state index contributed by atoms with van der Waals surface area (Å²) in [6.45, 7) is 2.71. The molecule has 3 aromatic rings. The first-order valence-electron chi connectivity index (χ1n) is 10.1. The van der Waals surface area contributed by atoms with E-state index >= 15 is 0 Å². The van der Waals surface area contributed by atoms with Crippen LogP contribution in [0.4, 0.5) is 5.69 Å². The van der Waals surface area contributed by atoms with Gasteiger partial charge in [0.15, 0.2) is 11.5 Å². The summed E-state index contributed by atoms with van der Waals surface area (Å²) >= 11 is 0. The van der Waals surface area contributed by atoms with Crippen molar-refractivity contribution < 1.29 is 9.47 Å². The number of aryl methyl sites for hydroxylation is 2. The van der Waals surface area contributed by atoms with Gasteiger partial charge >= 0.3 is 0 Å². The first-order chi connectivity index (χ1) is 13.7. The number of fused-ring (bicyclic) bond motifs is 1. The van der Waals surface area contributed by atoms with E-state index in [-0.39, 0.29) is 0 Å². The lowest BCUT2D eigenvalue weighted by Gasteiger charge is -2.16. The lowest BCUT2D eigenvalue weighted by atomic mass is 10.1. The molecule has 0 aliphatic heterocycles. The fraction of sp³-hybridized carbons (Fsp3) is 0.375. The lowest BCUT2D eigenvalue weighted by Crippen LogP contribution is -2.03. The zero-order valence-electron chi connectivity index (χ0n) is 16.9. The molecule has 4 heteroatoms. The van der Waals surface area contributed by atoms with Crippen LogP contribution >= 0.6 is 0 Å². The highest BCUT2D eigenvalue weighted by molar-refractivity contribution is 5.98. The number of hydrogen-bond donors (Lipinski definition) is 1. The minimum absolute atomic E-state index is 0.612. The SMILES string of the molecule is COc1cc(N)c2nccc(C)c2c1OCCCCCCCc1ccccc1. The highest BCUT2D eigenvalue weighted by Gasteiger charge is 2.15. The van der Waals surface area contributed by atoms with Crippen LogP contribution in [0.3, 0.4) is 0 Å². The number of hydrogen-bond acceptors (Lipinski definition) is 4. The number of methoxy groups -OCH3 is 1. The molecule has 1 heterocycles. The maximum Gasteiger partial charge on any atom is 0.170 e. The van der Waals surface area contributed by atoms with Gasteiger partial charge in [-0.15, -0.1) is 0 Å². The molecule has 2 N–H and O–H groups in total. The molecule has 4 nitrogen and oxygen atoms in total. The van der Waals surface area contributed by atoms with Gasteiger partial charge in [-0.25, -0.2) is 0 Å². The van der Waals surface area contributed by atoms with Crippen LogP contribution in [0.1, 0.15) is 43.2 Å². The molecule has 0 radical (unpaired) electrons. The summed E-state index contributed by atoms with van der Waals surface area (Å²) < 4.78 is 11.6. The van der Waals surface area contributed by atoms with E-state index in [2.05, 4.69) is 35.3 Å². The number of nitrogens with zero attached hydrogens (tertiary/aromatic N) is 1. The van der Waals surface area contributed by atoms with Gasteiger partial charge < -0.3 is 15.2 Å². The van der Waals surface area contributed by atoms with Gasteiger partial charge in [0.25, 0.3) is 0 Å². The van der Waals surface area contributed by atoms with Crippen molar-refractivity contribution in [3.05, 3.63) is 59.8 Å².